The number of fused-ring (bicyclic) bond motifs is 1. The minimum Gasteiger partial charge on any atom is -0.496 e. The smallest absolute Gasteiger partial charge is 0.241 e. The number of halogens is 1. The average molecular weight is 371 g/mol. The van der Waals surface area contributed by atoms with Crippen LogP contribution < -0.4 is 15.2 Å². The number of nitrogens with one attached hydrogen (secondary N) is 1. The van der Waals surface area contributed by atoms with Gasteiger partial charge in [0.25, 0.3) is 0 Å². The Hall–Kier alpha value is -1.34. The van der Waals surface area contributed by atoms with E-state index in [4.69, 9.17) is 10.5 Å². The Morgan fingerprint density at radius 1 is 1.12 bits per heavy atom. The van der Waals surface area contributed by atoms with Crippen LogP contribution in [0.25, 0.3) is 10.8 Å². The summed E-state index contributed by atoms with van der Waals surface area (Å²) in [7, 11) is -2.07. The second-order valence-electron chi connectivity index (χ2n) is 6.11. The number of hydrogen-bond donors (Lipinski definition) is 2. The molecule has 0 bridgehead atoms. The van der Waals surface area contributed by atoms with E-state index in [1.807, 2.05) is 18.2 Å². The van der Waals surface area contributed by atoms with Crippen LogP contribution in [0.2, 0.25) is 0 Å². The van der Waals surface area contributed by atoms with Gasteiger partial charge in [0.05, 0.1) is 12.0 Å². The lowest BCUT2D eigenvalue weighted by Gasteiger charge is -2.28. The molecule has 0 unspecified atom stereocenters. The molecule has 0 aromatic heterocycles. The molecule has 0 spiro atoms. The summed E-state index contributed by atoms with van der Waals surface area (Å²) >= 11 is 0. The highest BCUT2D eigenvalue weighted by Gasteiger charge is 2.37. The van der Waals surface area contributed by atoms with Gasteiger partial charge in [-0.1, -0.05) is 37.1 Å². The molecule has 0 aliphatic heterocycles. The minimum atomic E-state index is -3.65. The van der Waals surface area contributed by atoms with Crippen molar-refractivity contribution < 1.29 is 13.2 Å². The molecule has 1 aliphatic rings. The van der Waals surface area contributed by atoms with Crippen LogP contribution in [-0.4, -0.2) is 27.6 Å². The lowest BCUT2D eigenvalue weighted by molar-refractivity contribution is 0.399. The zero-order chi connectivity index (χ0) is 16.5. The number of methoxy groups -OCH3 is 1. The lowest BCUT2D eigenvalue weighted by Crippen LogP contribution is -2.51. The Morgan fingerprint density at radius 3 is 2.33 bits per heavy atom. The molecule has 1 saturated carbocycles. The van der Waals surface area contributed by atoms with Crippen molar-refractivity contribution in [3.63, 3.8) is 0 Å². The molecule has 0 amide bonds. The van der Waals surface area contributed by atoms with E-state index >= 15 is 0 Å². The molecule has 7 heteroatoms. The van der Waals surface area contributed by atoms with Crippen LogP contribution in [0.15, 0.2) is 41.3 Å². The normalized spacial score (nSPS) is 16.8. The van der Waals surface area contributed by atoms with Gasteiger partial charge in [-0.15, -0.1) is 12.4 Å². The minimum absolute atomic E-state index is 0. The van der Waals surface area contributed by atoms with Gasteiger partial charge in [-0.25, -0.2) is 13.1 Å². The summed E-state index contributed by atoms with van der Waals surface area (Å²) < 4.78 is 34.1. The highest BCUT2D eigenvalue weighted by Crippen LogP contribution is 2.34. The summed E-state index contributed by atoms with van der Waals surface area (Å²) in [6.07, 6.45) is 3.58. The van der Waals surface area contributed by atoms with Gasteiger partial charge in [-0.3, -0.25) is 0 Å². The molecular formula is C17H23ClN2O3S. The number of ether oxygens (including phenoxy) is 1. The molecule has 0 atom stereocenters. The van der Waals surface area contributed by atoms with Gasteiger partial charge >= 0.3 is 0 Å². The molecule has 3 rings (SSSR count). The van der Waals surface area contributed by atoms with Crippen molar-refractivity contribution in [2.24, 2.45) is 5.73 Å². The Labute approximate surface area is 149 Å². The van der Waals surface area contributed by atoms with Crippen molar-refractivity contribution in [2.75, 3.05) is 13.7 Å². The quantitative estimate of drug-likeness (QED) is 0.847. The van der Waals surface area contributed by atoms with Gasteiger partial charge in [0.15, 0.2) is 0 Å². The summed E-state index contributed by atoms with van der Waals surface area (Å²) in [6.45, 7) is 0.320. The Balaban J connectivity index is 0.00000208. The molecule has 1 aliphatic carbocycles. The molecule has 24 heavy (non-hydrogen) atoms. The number of rotatable bonds is 5. The number of hydrogen-bond acceptors (Lipinski definition) is 4. The van der Waals surface area contributed by atoms with Crippen LogP contribution in [0.1, 0.15) is 25.7 Å². The fourth-order valence-electron chi connectivity index (χ4n) is 3.40. The topological polar surface area (TPSA) is 81.4 Å². The van der Waals surface area contributed by atoms with Crippen molar-refractivity contribution in [3.05, 3.63) is 36.4 Å². The number of sulfonamides is 1. The first-order chi connectivity index (χ1) is 11.0. The van der Waals surface area contributed by atoms with E-state index in [1.54, 1.807) is 25.3 Å². The van der Waals surface area contributed by atoms with Crippen molar-refractivity contribution in [2.45, 2.75) is 36.1 Å². The molecule has 5 nitrogen and oxygen atoms in total. The molecule has 0 heterocycles. The summed E-state index contributed by atoms with van der Waals surface area (Å²) in [5.74, 6) is 0.661. The monoisotopic (exact) mass is 370 g/mol. The summed E-state index contributed by atoms with van der Waals surface area (Å²) in [5.41, 5.74) is 5.35. The molecule has 1 fully saturated rings. The Morgan fingerprint density at radius 2 is 1.75 bits per heavy atom. The van der Waals surface area contributed by atoms with Crippen LogP contribution in [0.5, 0.6) is 5.75 Å². The molecule has 0 radical (unpaired) electrons. The van der Waals surface area contributed by atoms with E-state index < -0.39 is 15.6 Å². The van der Waals surface area contributed by atoms with Crippen molar-refractivity contribution in [3.8, 4) is 5.75 Å². The van der Waals surface area contributed by atoms with Gasteiger partial charge in [0.2, 0.25) is 10.0 Å². The maximum absolute atomic E-state index is 13.0. The Bertz CT molecular complexity index is 818. The molecule has 3 N–H and O–H groups in total. The summed E-state index contributed by atoms with van der Waals surface area (Å²) in [4.78, 5) is 0.272. The molecule has 2 aromatic rings. The zero-order valence-electron chi connectivity index (χ0n) is 13.6. The van der Waals surface area contributed by atoms with Gasteiger partial charge in [-0.05, 0) is 25.0 Å². The second-order valence-corrected chi connectivity index (χ2v) is 7.76. The first-order valence-electron chi connectivity index (χ1n) is 7.81. The molecule has 2 aromatic carbocycles. The standard InChI is InChI=1S/C17H22N2O3S.ClH/c1-22-15-8-9-16(14-7-3-2-6-13(14)15)23(20,21)19-17(12-18)10-4-5-11-17;/h2-3,6-9,19H,4-5,10-12,18H2,1H3;1H. The van der Waals surface area contributed by atoms with E-state index in [9.17, 15) is 8.42 Å². The number of nitrogens with two attached hydrogens (primary N) is 1. The van der Waals surface area contributed by atoms with Gasteiger partial charge in [0.1, 0.15) is 5.75 Å². The fraction of sp³-hybridized carbons (Fsp3) is 0.412. The lowest BCUT2D eigenvalue weighted by atomic mass is 10.0. The van der Waals surface area contributed by atoms with E-state index in [-0.39, 0.29) is 17.3 Å². The van der Waals surface area contributed by atoms with Gasteiger partial charge in [-0.2, -0.15) is 0 Å². The van der Waals surface area contributed by atoms with Crippen LogP contribution in [0.3, 0.4) is 0 Å². The third kappa shape index (κ3) is 3.37. The second kappa shape index (κ2) is 7.27. The maximum atomic E-state index is 13.0. The number of benzene rings is 2. The average Bonchev–Trinajstić information content (AvgIpc) is 3.02. The summed E-state index contributed by atoms with van der Waals surface area (Å²) in [6, 6.07) is 10.7. The predicted octanol–water partition coefficient (Wildman–Crippen LogP) is 2.82. The van der Waals surface area contributed by atoms with Crippen LogP contribution in [0.4, 0.5) is 0 Å². The van der Waals surface area contributed by atoms with Gasteiger partial charge < -0.3 is 10.5 Å². The Kier molecular flexibility index (Phi) is 5.75. The van der Waals surface area contributed by atoms with Crippen LogP contribution in [-0.2, 0) is 10.0 Å². The van der Waals surface area contributed by atoms with Crippen LogP contribution >= 0.6 is 12.4 Å². The van der Waals surface area contributed by atoms with Crippen molar-refractivity contribution in [1.29, 1.82) is 0 Å². The third-order valence-electron chi connectivity index (χ3n) is 4.66. The van der Waals surface area contributed by atoms with Gasteiger partial charge in [0, 0.05) is 22.9 Å². The third-order valence-corrected chi connectivity index (χ3v) is 6.29. The first-order valence-corrected chi connectivity index (χ1v) is 9.29. The van der Waals surface area contributed by atoms with E-state index in [0.717, 1.165) is 31.1 Å². The van der Waals surface area contributed by atoms with E-state index in [2.05, 4.69) is 4.72 Å². The SMILES string of the molecule is COc1ccc(S(=O)(=O)NC2(CN)CCCC2)c2ccccc12.Cl. The first kappa shape index (κ1) is 19.0. The molecule has 132 valence electrons. The highest BCUT2D eigenvalue weighted by molar-refractivity contribution is 7.89. The molecular weight excluding hydrogens is 348 g/mol. The predicted molar refractivity (Wildman–Crippen MR) is 98.3 cm³/mol. The van der Waals surface area contributed by atoms with E-state index in [0.29, 0.717) is 17.7 Å². The van der Waals surface area contributed by atoms with Crippen molar-refractivity contribution >= 4 is 33.2 Å². The van der Waals surface area contributed by atoms with Crippen molar-refractivity contribution in [1.82, 2.24) is 4.72 Å². The zero-order valence-corrected chi connectivity index (χ0v) is 15.3. The largest absolute Gasteiger partial charge is 0.496 e. The highest BCUT2D eigenvalue weighted by atomic mass is 35.5. The maximum Gasteiger partial charge on any atom is 0.241 e. The summed E-state index contributed by atoms with van der Waals surface area (Å²) in [5, 5.41) is 1.44. The van der Waals surface area contributed by atoms with Crippen LogP contribution in [0, 0.1) is 0 Å². The molecule has 0 saturated heterocycles. The fourth-order valence-corrected chi connectivity index (χ4v) is 5.08. The van der Waals surface area contributed by atoms with E-state index in [1.165, 1.54) is 0 Å².